The lowest BCUT2D eigenvalue weighted by Crippen LogP contribution is -2.29. The maximum atomic E-state index is 13.1. The van der Waals surface area contributed by atoms with Crippen LogP contribution in [0.4, 0.5) is 11.4 Å². The number of rotatable bonds is 5. The summed E-state index contributed by atoms with van der Waals surface area (Å²) in [6.45, 7) is 0. The molecule has 0 aromatic heterocycles. The molecule has 35 heavy (non-hydrogen) atoms. The second kappa shape index (κ2) is 8.95. The van der Waals surface area contributed by atoms with E-state index in [0.29, 0.717) is 10.6 Å². The Labute approximate surface area is 204 Å². The standard InChI is InChI=1S/C23H16ClN3O7S/c24-15-5-1-14(2-6-15)21(28)19-20(13-3-7-17(8-4-13)27(31)32)26(23(30)22(19)29)16-9-11-18(12-10-16)35(25,33)34/h1-12,20,28H,(H2,25,33,34). The van der Waals surface area contributed by atoms with E-state index in [1.807, 2.05) is 0 Å². The molecule has 3 aromatic rings. The molecule has 3 N–H and O–H groups in total. The van der Waals surface area contributed by atoms with Gasteiger partial charge in [-0.05, 0) is 66.2 Å². The van der Waals surface area contributed by atoms with Gasteiger partial charge in [-0.2, -0.15) is 0 Å². The van der Waals surface area contributed by atoms with E-state index < -0.39 is 38.4 Å². The Balaban J connectivity index is 1.92. The number of nitrogens with zero attached hydrogens (tertiary/aromatic N) is 2. The van der Waals surface area contributed by atoms with Gasteiger partial charge in [0.1, 0.15) is 5.76 Å². The highest BCUT2D eigenvalue weighted by Crippen LogP contribution is 2.42. The Morgan fingerprint density at radius 1 is 0.971 bits per heavy atom. The Morgan fingerprint density at radius 2 is 1.54 bits per heavy atom. The quantitative estimate of drug-likeness (QED) is 0.173. The first-order valence-electron chi connectivity index (χ1n) is 9.93. The summed E-state index contributed by atoms with van der Waals surface area (Å²) in [7, 11) is -4.00. The number of nitro benzene ring substituents is 1. The number of hydrogen-bond donors (Lipinski definition) is 2. The Kier molecular flexibility index (Phi) is 6.15. The molecule has 3 aromatic carbocycles. The lowest BCUT2D eigenvalue weighted by atomic mass is 9.95. The van der Waals surface area contributed by atoms with E-state index in [-0.39, 0.29) is 27.4 Å². The van der Waals surface area contributed by atoms with Gasteiger partial charge >= 0.3 is 0 Å². The molecule has 0 spiro atoms. The summed E-state index contributed by atoms with van der Waals surface area (Å²) in [5, 5.41) is 27.6. The average Bonchev–Trinajstić information content (AvgIpc) is 3.09. The number of carbonyl (C=O) groups is 2. The van der Waals surface area contributed by atoms with E-state index in [1.165, 1.54) is 72.8 Å². The number of halogens is 1. The maximum Gasteiger partial charge on any atom is 0.300 e. The number of non-ortho nitro benzene ring substituents is 1. The second-order valence-corrected chi connectivity index (χ2v) is 9.56. The van der Waals surface area contributed by atoms with Crippen LogP contribution in [0.2, 0.25) is 5.02 Å². The zero-order valence-corrected chi connectivity index (χ0v) is 19.2. The van der Waals surface area contributed by atoms with Gasteiger partial charge in [0.2, 0.25) is 10.0 Å². The van der Waals surface area contributed by atoms with E-state index in [0.717, 1.165) is 4.90 Å². The number of amides is 1. The molecule has 10 nitrogen and oxygen atoms in total. The summed E-state index contributed by atoms with van der Waals surface area (Å²) in [6, 6.07) is 14.9. The summed E-state index contributed by atoms with van der Waals surface area (Å²) in [5.41, 5.74) is 0.227. The molecule has 0 bridgehead atoms. The first kappa shape index (κ1) is 24.1. The van der Waals surface area contributed by atoms with E-state index in [1.54, 1.807) is 0 Å². The minimum atomic E-state index is -4.00. The molecular weight excluding hydrogens is 498 g/mol. The zero-order valence-electron chi connectivity index (χ0n) is 17.7. The highest BCUT2D eigenvalue weighted by Gasteiger charge is 2.47. The van der Waals surface area contributed by atoms with Crippen molar-refractivity contribution in [3.8, 4) is 0 Å². The molecule has 1 aliphatic heterocycles. The van der Waals surface area contributed by atoms with Crippen LogP contribution in [0, 0.1) is 10.1 Å². The van der Waals surface area contributed by atoms with Crippen molar-refractivity contribution in [1.82, 2.24) is 0 Å². The van der Waals surface area contributed by atoms with Gasteiger partial charge in [0.25, 0.3) is 17.4 Å². The summed E-state index contributed by atoms with van der Waals surface area (Å²) < 4.78 is 23.2. The van der Waals surface area contributed by atoms with Gasteiger partial charge in [-0.1, -0.05) is 11.6 Å². The number of hydrogen-bond acceptors (Lipinski definition) is 7. The topological polar surface area (TPSA) is 161 Å². The molecule has 1 atom stereocenters. The largest absolute Gasteiger partial charge is 0.507 e. The van der Waals surface area contributed by atoms with Crippen LogP contribution in [-0.2, 0) is 19.6 Å². The normalized spacial score (nSPS) is 17.5. The van der Waals surface area contributed by atoms with Gasteiger partial charge < -0.3 is 5.11 Å². The Hall–Kier alpha value is -4.06. The lowest BCUT2D eigenvalue weighted by Gasteiger charge is -2.25. The molecule has 4 rings (SSSR count). The SMILES string of the molecule is NS(=O)(=O)c1ccc(N2C(=O)C(=O)C(=C(O)c3ccc(Cl)cc3)C2c2ccc([N+](=O)[O-])cc2)cc1. The highest BCUT2D eigenvalue weighted by molar-refractivity contribution is 7.89. The van der Waals surface area contributed by atoms with Crippen LogP contribution in [0.3, 0.4) is 0 Å². The Morgan fingerprint density at radius 3 is 2.06 bits per heavy atom. The lowest BCUT2D eigenvalue weighted by molar-refractivity contribution is -0.384. The first-order valence-corrected chi connectivity index (χ1v) is 11.9. The zero-order chi connectivity index (χ0) is 25.5. The minimum Gasteiger partial charge on any atom is -0.507 e. The molecule has 1 aliphatic rings. The van der Waals surface area contributed by atoms with Crippen LogP contribution in [0.1, 0.15) is 17.2 Å². The minimum absolute atomic E-state index is 0.151. The van der Waals surface area contributed by atoms with Gasteiger partial charge in [0.15, 0.2) is 0 Å². The molecule has 1 saturated heterocycles. The number of benzene rings is 3. The van der Waals surface area contributed by atoms with Crippen molar-refractivity contribution in [2.24, 2.45) is 5.14 Å². The fraction of sp³-hybridized carbons (Fsp3) is 0.0435. The van der Waals surface area contributed by atoms with Crippen LogP contribution in [-0.4, -0.2) is 30.1 Å². The van der Waals surface area contributed by atoms with Crippen molar-refractivity contribution in [1.29, 1.82) is 0 Å². The van der Waals surface area contributed by atoms with Crippen molar-refractivity contribution in [2.45, 2.75) is 10.9 Å². The van der Waals surface area contributed by atoms with Crippen LogP contribution < -0.4 is 10.0 Å². The van der Waals surface area contributed by atoms with Crippen molar-refractivity contribution in [3.05, 3.63) is 105 Å². The number of aliphatic hydroxyl groups excluding tert-OH is 1. The third-order valence-electron chi connectivity index (χ3n) is 5.43. The van der Waals surface area contributed by atoms with Crippen molar-refractivity contribution in [3.63, 3.8) is 0 Å². The number of ketones is 1. The summed E-state index contributed by atoms with van der Waals surface area (Å²) >= 11 is 5.91. The van der Waals surface area contributed by atoms with Gasteiger partial charge in [0.05, 0.1) is 21.4 Å². The maximum absolute atomic E-state index is 13.1. The number of sulfonamides is 1. The van der Waals surface area contributed by atoms with Gasteiger partial charge in [-0.3, -0.25) is 24.6 Å². The predicted octanol–water partition coefficient (Wildman–Crippen LogP) is 3.52. The molecular formula is C23H16ClN3O7S. The Bertz CT molecular complexity index is 1480. The van der Waals surface area contributed by atoms with Gasteiger partial charge in [0, 0.05) is 28.4 Å². The fourth-order valence-electron chi connectivity index (χ4n) is 3.75. The average molecular weight is 514 g/mol. The van der Waals surface area contributed by atoms with E-state index in [9.17, 15) is 33.2 Å². The molecule has 1 heterocycles. The first-order chi connectivity index (χ1) is 16.5. The number of aliphatic hydroxyl groups is 1. The second-order valence-electron chi connectivity index (χ2n) is 7.56. The molecule has 1 amide bonds. The molecule has 0 saturated carbocycles. The van der Waals surface area contributed by atoms with Crippen LogP contribution in [0.25, 0.3) is 5.76 Å². The number of carbonyl (C=O) groups excluding carboxylic acids is 2. The van der Waals surface area contributed by atoms with Gasteiger partial charge in [-0.15, -0.1) is 0 Å². The molecule has 0 aliphatic carbocycles. The van der Waals surface area contributed by atoms with Gasteiger partial charge in [-0.25, -0.2) is 13.6 Å². The van der Waals surface area contributed by atoms with E-state index >= 15 is 0 Å². The number of nitrogens with two attached hydrogens (primary N) is 1. The molecule has 178 valence electrons. The number of Topliss-reactive ketones (excluding diaryl/α,β-unsaturated/α-hetero) is 1. The monoisotopic (exact) mass is 513 g/mol. The highest BCUT2D eigenvalue weighted by atomic mass is 35.5. The molecule has 0 radical (unpaired) electrons. The predicted molar refractivity (Wildman–Crippen MR) is 127 cm³/mol. The van der Waals surface area contributed by atoms with Crippen molar-refractivity contribution < 1.29 is 28.0 Å². The summed E-state index contributed by atoms with van der Waals surface area (Å²) in [6.07, 6.45) is 0. The van der Waals surface area contributed by atoms with Crippen LogP contribution >= 0.6 is 11.6 Å². The number of anilines is 1. The third-order valence-corrected chi connectivity index (χ3v) is 6.61. The van der Waals surface area contributed by atoms with Crippen LogP contribution in [0.5, 0.6) is 0 Å². The molecule has 1 fully saturated rings. The molecule has 12 heteroatoms. The smallest absolute Gasteiger partial charge is 0.300 e. The van der Waals surface area contributed by atoms with E-state index in [4.69, 9.17) is 16.7 Å². The van der Waals surface area contributed by atoms with Crippen LogP contribution in [0.15, 0.2) is 83.3 Å². The molecule has 1 unspecified atom stereocenters. The third kappa shape index (κ3) is 4.52. The number of primary sulfonamides is 1. The fourth-order valence-corrected chi connectivity index (χ4v) is 4.39. The summed E-state index contributed by atoms with van der Waals surface area (Å²) in [4.78, 5) is 37.6. The number of nitro groups is 1. The van der Waals surface area contributed by atoms with Crippen molar-refractivity contribution in [2.75, 3.05) is 4.90 Å². The van der Waals surface area contributed by atoms with Crippen molar-refractivity contribution >= 4 is 50.4 Å². The van der Waals surface area contributed by atoms with E-state index in [2.05, 4.69) is 0 Å². The summed E-state index contributed by atoms with van der Waals surface area (Å²) in [5.74, 6) is -2.43.